The van der Waals surface area contributed by atoms with Crippen molar-refractivity contribution in [3.05, 3.63) is 60.5 Å². The Morgan fingerprint density at radius 1 is 1.30 bits per heavy atom. The second kappa shape index (κ2) is 9.47. The first kappa shape index (κ1) is 20.8. The standard InChI is InChI=1S/C17H15Br2N3O5/c1-10-3-4-15(14(5-10)22(24)25)27-9-16(23)21-20-8-11-6-12(18)17(26-2)13(19)7-11/h3-8H,9H2,1-2H3,(H,21,23)/b20-8+. The van der Waals surface area contributed by atoms with Gasteiger partial charge in [-0.1, -0.05) is 6.07 Å². The maximum Gasteiger partial charge on any atom is 0.311 e. The Hall–Kier alpha value is -2.46. The number of rotatable bonds is 7. The number of carbonyl (C=O) groups is 1. The van der Waals surface area contributed by atoms with Crippen LogP contribution in [0.5, 0.6) is 11.5 Å². The number of methoxy groups -OCH3 is 1. The van der Waals surface area contributed by atoms with Crippen LogP contribution in [0.3, 0.4) is 0 Å². The monoisotopic (exact) mass is 499 g/mol. The van der Waals surface area contributed by atoms with E-state index in [1.54, 1.807) is 32.2 Å². The number of benzene rings is 2. The van der Waals surface area contributed by atoms with Crippen molar-refractivity contribution >= 4 is 49.7 Å². The zero-order chi connectivity index (χ0) is 20.0. The molecule has 2 aromatic carbocycles. The van der Waals surface area contributed by atoms with Crippen LogP contribution in [0.15, 0.2) is 44.4 Å². The molecule has 27 heavy (non-hydrogen) atoms. The van der Waals surface area contributed by atoms with E-state index < -0.39 is 17.4 Å². The van der Waals surface area contributed by atoms with E-state index >= 15 is 0 Å². The third kappa shape index (κ3) is 5.76. The summed E-state index contributed by atoms with van der Waals surface area (Å²) < 4.78 is 11.9. The van der Waals surface area contributed by atoms with Gasteiger partial charge < -0.3 is 9.47 Å². The van der Waals surface area contributed by atoms with Crippen molar-refractivity contribution in [3.63, 3.8) is 0 Å². The van der Waals surface area contributed by atoms with Gasteiger partial charge in [-0.15, -0.1) is 0 Å². The Kier molecular flexibility index (Phi) is 7.31. The van der Waals surface area contributed by atoms with E-state index in [4.69, 9.17) is 9.47 Å². The van der Waals surface area contributed by atoms with Crippen LogP contribution in [-0.2, 0) is 4.79 Å². The SMILES string of the molecule is COc1c(Br)cc(/C=N/NC(=O)COc2ccc(C)cc2[N+](=O)[O-])cc1Br. The molecule has 0 heterocycles. The van der Waals surface area contributed by atoms with Gasteiger partial charge in [0.2, 0.25) is 0 Å². The molecule has 1 amide bonds. The van der Waals surface area contributed by atoms with Crippen molar-refractivity contribution in [1.82, 2.24) is 5.43 Å². The van der Waals surface area contributed by atoms with E-state index in [1.807, 2.05) is 0 Å². The average molecular weight is 501 g/mol. The summed E-state index contributed by atoms with van der Waals surface area (Å²) in [7, 11) is 1.55. The molecule has 0 saturated carbocycles. The first-order valence-corrected chi connectivity index (χ1v) is 9.13. The topological polar surface area (TPSA) is 103 Å². The summed E-state index contributed by atoms with van der Waals surface area (Å²) >= 11 is 6.75. The highest BCUT2D eigenvalue weighted by Gasteiger charge is 2.16. The number of hydrogen-bond donors (Lipinski definition) is 1. The molecule has 0 aliphatic rings. The van der Waals surface area contributed by atoms with Crippen LogP contribution >= 0.6 is 31.9 Å². The highest BCUT2D eigenvalue weighted by molar-refractivity contribution is 9.11. The normalized spacial score (nSPS) is 10.7. The fraction of sp³-hybridized carbons (Fsp3) is 0.176. The zero-order valence-corrected chi connectivity index (χ0v) is 17.5. The second-order valence-corrected chi connectivity index (χ2v) is 7.04. The molecule has 0 atom stereocenters. The average Bonchev–Trinajstić information content (AvgIpc) is 2.60. The van der Waals surface area contributed by atoms with Gasteiger partial charge in [0, 0.05) is 6.07 Å². The van der Waals surface area contributed by atoms with Crippen molar-refractivity contribution < 1.29 is 19.2 Å². The number of nitrogens with zero attached hydrogens (tertiary/aromatic N) is 2. The number of nitro groups is 1. The number of ether oxygens (including phenoxy) is 2. The lowest BCUT2D eigenvalue weighted by Crippen LogP contribution is -2.24. The number of nitrogens with one attached hydrogen (secondary N) is 1. The van der Waals surface area contributed by atoms with Crippen LogP contribution in [0.1, 0.15) is 11.1 Å². The third-order valence-corrected chi connectivity index (χ3v) is 4.48. The Bertz CT molecular complexity index is 879. The van der Waals surface area contributed by atoms with E-state index in [9.17, 15) is 14.9 Å². The Morgan fingerprint density at radius 3 is 2.56 bits per heavy atom. The fourth-order valence-electron chi connectivity index (χ4n) is 2.10. The van der Waals surface area contributed by atoms with Gasteiger partial charge in [0.1, 0.15) is 5.75 Å². The molecule has 0 radical (unpaired) electrons. The first-order chi connectivity index (χ1) is 12.8. The van der Waals surface area contributed by atoms with Gasteiger partial charge in [0.25, 0.3) is 5.91 Å². The number of hydrogen-bond acceptors (Lipinski definition) is 6. The van der Waals surface area contributed by atoms with Gasteiger partial charge >= 0.3 is 5.69 Å². The van der Waals surface area contributed by atoms with E-state index in [2.05, 4.69) is 42.4 Å². The highest BCUT2D eigenvalue weighted by atomic mass is 79.9. The fourth-order valence-corrected chi connectivity index (χ4v) is 3.64. The molecule has 0 saturated heterocycles. The Labute approximate surface area is 172 Å². The molecule has 0 spiro atoms. The number of carbonyl (C=O) groups excluding carboxylic acids is 1. The van der Waals surface area contributed by atoms with Crippen LogP contribution in [0.2, 0.25) is 0 Å². The molecule has 10 heteroatoms. The molecule has 0 bridgehead atoms. The minimum absolute atomic E-state index is 0.0211. The zero-order valence-electron chi connectivity index (χ0n) is 14.4. The molecular weight excluding hydrogens is 486 g/mol. The smallest absolute Gasteiger partial charge is 0.311 e. The van der Waals surface area contributed by atoms with Crippen LogP contribution in [-0.4, -0.2) is 30.8 Å². The van der Waals surface area contributed by atoms with E-state index in [0.717, 1.165) is 14.5 Å². The van der Waals surface area contributed by atoms with Crippen LogP contribution < -0.4 is 14.9 Å². The van der Waals surface area contributed by atoms with E-state index in [1.165, 1.54) is 18.3 Å². The maximum atomic E-state index is 11.8. The third-order valence-electron chi connectivity index (χ3n) is 3.30. The molecule has 0 aliphatic carbocycles. The van der Waals surface area contributed by atoms with Crippen molar-refractivity contribution in [1.29, 1.82) is 0 Å². The van der Waals surface area contributed by atoms with Crippen LogP contribution in [0, 0.1) is 17.0 Å². The Balaban J connectivity index is 1.96. The van der Waals surface area contributed by atoms with Crippen LogP contribution in [0.25, 0.3) is 0 Å². The van der Waals surface area contributed by atoms with Gasteiger partial charge in [-0.25, -0.2) is 5.43 Å². The van der Waals surface area contributed by atoms with Gasteiger partial charge in [0.15, 0.2) is 12.4 Å². The number of hydrazone groups is 1. The maximum absolute atomic E-state index is 11.8. The Morgan fingerprint density at radius 2 is 1.96 bits per heavy atom. The van der Waals surface area contributed by atoms with E-state index in [-0.39, 0.29) is 11.4 Å². The predicted molar refractivity (Wildman–Crippen MR) is 107 cm³/mol. The minimum atomic E-state index is -0.558. The molecule has 0 unspecified atom stereocenters. The summed E-state index contributed by atoms with van der Waals surface area (Å²) in [5, 5.41) is 14.9. The molecule has 8 nitrogen and oxygen atoms in total. The molecule has 2 rings (SSSR count). The summed E-state index contributed by atoms with van der Waals surface area (Å²) in [6.45, 7) is 1.32. The molecule has 2 aromatic rings. The number of halogens is 2. The lowest BCUT2D eigenvalue weighted by Gasteiger charge is -2.07. The lowest BCUT2D eigenvalue weighted by atomic mass is 10.2. The van der Waals surface area contributed by atoms with Gasteiger partial charge in [-0.2, -0.15) is 5.10 Å². The van der Waals surface area contributed by atoms with Crippen molar-refractivity contribution in [2.75, 3.05) is 13.7 Å². The lowest BCUT2D eigenvalue weighted by molar-refractivity contribution is -0.385. The summed E-state index contributed by atoms with van der Waals surface area (Å²) in [4.78, 5) is 22.3. The summed E-state index contributed by atoms with van der Waals surface area (Å²) in [6.07, 6.45) is 1.45. The summed E-state index contributed by atoms with van der Waals surface area (Å²) in [5.74, 6) is 0.116. The summed E-state index contributed by atoms with van der Waals surface area (Å²) in [6, 6.07) is 8.04. The minimum Gasteiger partial charge on any atom is -0.494 e. The highest BCUT2D eigenvalue weighted by Crippen LogP contribution is 2.34. The van der Waals surface area contributed by atoms with Gasteiger partial charge in [-0.05, 0) is 68.1 Å². The predicted octanol–water partition coefficient (Wildman–Crippen LogP) is 3.97. The van der Waals surface area contributed by atoms with Crippen LogP contribution in [0.4, 0.5) is 5.69 Å². The van der Waals surface area contributed by atoms with Crippen molar-refractivity contribution in [2.45, 2.75) is 6.92 Å². The molecular formula is C17H15Br2N3O5. The van der Waals surface area contributed by atoms with E-state index in [0.29, 0.717) is 11.3 Å². The molecule has 142 valence electrons. The summed E-state index contributed by atoms with van der Waals surface area (Å²) in [5.41, 5.74) is 3.54. The molecule has 0 aliphatic heterocycles. The number of aryl methyl sites for hydroxylation is 1. The van der Waals surface area contributed by atoms with Crippen molar-refractivity contribution in [2.24, 2.45) is 5.10 Å². The number of amides is 1. The quantitative estimate of drug-likeness (QED) is 0.352. The number of nitro benzene ring substituents is 1. The molecule has 0 aromatic heterocycles. The molecule has 1 N–H and O–H groups in total. The van der Waals surface area contributed by atoms with Crippen molar-refractivity contribution in [3.8, 4) is 11.5 Å². The first-order valence-electron chi connectivity index (χ1n) is 7.54. The second-order valence-electron chi connectivity index (χ2n) is 5.33. The molecule has 0 fully saturated rings. The van der Waals surface area contributed by atoms with Gasteiger partial charge in [0.05, 0.1) is 27.2 Å². The van der Waals surface area contributed by atoms with Gasteiger partial charge in [-0.3, -0.25) is 14.9 Å². The largest absolute Gasteiger partial charge is 0.494 e.